The van der Waals surface area contributed by atoms with Crippen molar-refractivity contribution in [3.8, 4) is 0 Å². The zero-order valence-electron chi connectivity index (χ0n) is 13.9. The van der Waals surface area contributed by atoms with Crippen LogP contribution in [0.2, 0.25) is 5.02 Å². The van der Waals surface area contributed by atoms with Gasteiger partial charge in [0.2, 0.25) is 5.91 Å². The van der Waals surface area contributed by atoms with Crippen molar-refractivity contribution in [1.82, 2.24) is 9.80 Å². The van der Waals surface area contributed by atoms with Gasteiger partial charge in [0.1, 0.15) is 5.60 Å². The highest BCUT2D eigenvalue weighted by Crippen LogP contribution is 2.19. The maximum absolute atomic E-state index is 12.6. The third-order valence-corrected chi connectivity index (χ3v) is 4.95. The summed E-state index contributed by atoms with van der Waals surface area (Å²) in [6.45, 7) is 4.20. The molecule has 0 spiro atoms. The highest BCUT2D eigenvalue weighted by atomic mass is 35.5. The number of nitrogens with zero attached hydrogens (tertiary/aromatic N) is 2. The van der Waals surface area contributed by atoms with E-state index in [9.17, 15) is 9.90 Å². The average molecular weight is 353 g/mol. The molecule has 0 bridgehead atoms. The van der Waals surface area contributed by atoms with Crippen molar-refractivity contribution in [1.29, 1.82) is 0 Å². The van der Waals surface area contributed by atoms with E-state index in [0.717, 1.165) is 18.7 Å². The number of β-amino-alcohol motifs (C(OH)–C–C–N with tert-alkyl or cyclic N) is 1. The van der Waals surface area contributed by atoms with Gasteiger partial charge in [-0.1, -0.05) is 23.7 Å². The smallest absolute Gasteiger partial charge is 0.227 e. The molecule has 0 saturated carbocycles. The SMILES string of the molecule is O=C(Cc1ccc(Cl)cc1)N1CCOC[C@@](O)(CN2CCCC2)C1. The fourth-order valence-corrected chi connectivity index (χ4v) is 3.60. The Morgan fingerprint density at radius 1 is 1.21 bits per heavy atom. The monoisotopic (exact) mass is 352 g/mol. The van der Waals surface area contributed by atoms with Gasteiger partial charge in [0.25, 0.3) is 0 Å². The van der Waals surface area contributed by atoms with Gasteiger partial charge in [0, 0.05) is 18.1 Å². The summed E-state index contributed by atoms with van der Waals surface area (Å²) in [7, 11) is 0. The summed E-state index contributed by atoms with van der Waals surface area (Å²) >= 11 is 5.89. The van der Waals surface area contributed by atoms with Crippen molar-refractivity contribution in [2.45, 2.75) is 24.9 Å². The molecule has 0 unspecified atom stereocenters. The van der Waals surface area contributed by atoms with Crippen LogP contribution in [0.1, 0.15) is 18.4 Å². The van der Waals surface area contributed by atoms with Crippen LogP contribution in [0.25, 0.3) is 0 Å². The van der Waals surface area contributed by atoms with E-state index in [-0.39, 0.29) is 12.5 Å². The van der Waals surface area contributed by atoms with E-state index >= 15 is 0 Å². The lowest BCUT2D eigenvalue weighted by atomic mass is 10.0. The van der Waals surface area contributed by atoms with Crippen molar-refractivity contribution in [2.75, 3.05) is 45.9 Å². The number of hydrogen-bond acceptors (Lipinski definition) is 4. The Morgan fingerprint density at radius 2 is 1.92 bits per heavy atom. The summed E-state index contributed by atoms with van der Waals surface area (Å²) in [6, 6.07) is 7.31. The minimum Gasteiger partial charge on any atom is -0.384 e. The highest BCUT2D eigenvalue weighted by molar-refractivity contribution is 6.30. The second-order valence-corrected chi connectivity index (χ2v) is 7.32. The van der Waals surface area contributed by atoms with E-state index in [2.05, 4.69) is 4.90 Å². The number of carbonyl (C=O) groups excluding carboxylic acids is 1. The van der Waals surface area contributed by atoms with Crippen LogP contribution in [-0.4, -0.2) is 72.4 Å². The van der Waals surface area contributed by atoms with E-state index in [1.807, 2.05) is 12.1 Å². The van der Waals surface area contributed by atoms with Crippen molar-refractivity contribution >= 4 is 17.5 Å². The average Bonchev–Trinajstić information content (AvgIpc) is 2.97. The summed E-state index contributed by atoms with van der Waals surface area (Å²) in [5.41, 5.74) is -0.0612. The first-order chi connectivity index (χ1) is 11.5. The van der Waals surface area contributed by atoms with Crippen molar-refractivity contribution in [3.63, 3.8) is 0 Å². The maximum atomic E-state index is 12.6. The molecule has 2 heterocycles. The summed E-state index contributed by atoms with van der Waals surface area (Å²) in [4.78, 5) is 16.6. The molecular weight excluding hydrogens is 328 g/mol. The third kappa shape index (κ3) is 4.70. The number of hydrogen-bond donors (Lipinski definition) is 1. The van der Waals surface area contributed by atoms with Crippen LogP contribution >= 0.6 is 11.6 Å². The first-order valence-electron chi connectivity index (χ1n) is 8.59. The predicted molar refractivity (Wildman–Crippen MR) is 93.2 cm³/mol. The highest BCUT2D eigenvalue weighted by Gasteiger charge is 2.36. The molecule has 1 aromatic carbocycles. The molecule has 24 heavy (non-hydrogen) atoms. The molecule has 132 valence electrons. The van der Waals surface area contributed by atoms with Gasteiger partial charge in [0.05, 0.1) is 26.2 Å². The largest absolute Gasteiger partial charge is 0.384 e. The molecular formula is C18H25ClN2O3. The minimum atomic E-state index is -0.990. The summed E-state index contributed by atoms with van der Waals surface area (Å²) in [5, 5.41) is 11.6. The molecule has 0 radical (unpaired) electrons. The molecule has 1 atom stereocenters. The Labute approximate surface area is 148 Å². The second-order valence-electron chi connectivity index (χ2n) is 6.88. The van der Waals surface area contributed by atoms with Crippen molar-refractivity contribution in [3.05, 3.63) is 34.9 Å². The topological polar surface area (TPSA) is 53.0 Å². The molecule has 0 aromatic heterocycles. The summed E-state index contributed by atoms with van der Waals surface area (Å²) < 4.78 is 5.58. The molecule has 1 aromatic rings. The van der Waals surface area contributed by atoms with Gasteiger partial charge < -0.3 is 19.6 Å². The number of rotatable bonds is 4. The van der Waals surface area contributed by atoms with Crippen molar-refractivity contribution < 1.29 is 14.6 Å². The number of amides is 1. The zero-order chi connectivity index (χ0) is 17.0. The van der Waals surface area contributed by atoms with Crippen LogP contribution in [0.15, 0.2) is 24.3 Å². The van der Waals surface area contributed by atoms with Crippen LogP contribution in [0.4, 0.5) is 0 Å². The molecule has 1 N–H and O–H groups in total. The zero-order valence-corrected chi connectivity index (χ0v) is 14.7. The Hall–Kier alpha value is -1.14. The number of ether oxygens (including phenoxy) is 1. The fourth-order valence-electron chi connectivity index (χ4n) is 3.47. The van der Waals surface area contributed by atoms with Crippen LogP contribution in [0.5, 0.6) is 0 Å². The molecule has 6 heteroatoms. The van der Waals surface area contributed by atoms with Gasteiger partial charge in [0.15, 0.2) is 0 Å². The van der Waals surface area contributed by atoms with Crippen LogP contribution < -0.4 is 0 Å². The number of carbonyl (C=O) groups is 1. The number of likely N-dealkylation sites (tertiary alicyclic amines) is 1. The van der Waals surface area contributed by atoms with E-state index < -0.39 is 5.60 Å². The normalized spacial score (nSPS) is 25.7. The van der Waals surface area contributed by atoms with Gasteiger partial charge in [-0.15, -0.1) is 0 Å². The minimum absolute atomic E-state index is 0.0164. The number of aliphatic hydroxyl groups is 1. The number of halogens is 1. The first-order valence-corrected chi connectivity index (χ1v) is 8.97. The lowest BCUT2D eigenvalue weighted by Crippen LogP contribution is -2.53. The molecule has 0 aliphatic carbocycles. The lowest BCUT2D eigenvalue weighted by Gasteiger charge is -2.34. The van der Waals surface area contributed by atoms with Gasteiger partial charge in [-0.25, -0.2) is 0 Å². The molecule has 2 fully saturated rings. The maximum Gasteiger partial charge on any atom is 0.227 e. The van der Waals surface area contributed by atoms with Crippen LogP contribution in [0, 0.1) is 0 Å². The molecule has 2 saturated heterocycles. The quantitative estimate of drug-likeness (QED) is 0.893. The van der Waals surface area contributed by atoms with E-state index in [4.69, 9.17) is 16.3 Å². The van der Waals surface area contributed by atoms with Crippen molar-refractivity contribution in [2.24, 2.45) is 0 Å². The standard InChI is InChI=1S/C18H25ClN2O3/c19-16-5-3-15(4-6-16)11-17(22)21-9-10-24-14-18(23,13-21)12-20-7-1-2-8-20/h3-6,23H,1-2,7-14H2/t18-/m1/s1. The summed E-state index contributed by atoms with van der Waals surface area (Å²) in [6.07, 6.45) is 2.67. The van der Waals surface area contributed by atoms with Gasteiger partial charge in [-0.3, -0.25) is 4.79 Å². The number of benzene rings is 1. The Bertz CT molecular complexity index is 560. The molecule has 2 aliphatic heterocycles. The molecule has 3 rings (SSSR count). The van der Waals surface area contributed by atoms with Gasteiger partial charge in [-0.05, 0) is 43.6 Å². The third-order valence-electron chi connectivity index (χ3n) is 4.70. The lowest BCUT2D eigenvalue weighted by molar-refractivity contribution is -0.133. The second kappa shape index (κ2) is 7.83. The van der Waals surface area contributed by atoms with Gasteiger partial charge >= 0.3 is 0 Å². The van der Waals surface area contributed by atoms with E-state index in [1.54, 1.807) is 17.0 Å². The molecule has 1 amide bonds. The Kier molecular flexibility index (Phi) is 5.76. The Balaban J connectivity index is 1.62. The van der Waals surface area contributed by atoms with E-state index in [1.165, 1.54) is 12.8 Å². The Morgan fingerprint density at radius 3 is 2.62 bits per heavy atom. The van der Waals surface area contributed by atoms with Gasteiger partial charge in [-0.2, -0.15) is 0 Å². The first kappa shape index (κ1) is 17.7. The fraction of sp³-hybridized carbons (Fsp3) is 0.611. The van der Waals surface area contributed by atoms with E-state index in [0.29, 0.717) is 37.7 Å². The summed E-state index contributed by atoms with van der Waals surface area (Å²) in [5.74, 6) is 0.0164. The van der Waals surface area contributed by atoms with Crippen LogP contribution in [0.3, 0.4) is 0 Å². The molecule has 5 nitrogen and oxygen atoms in total. The molecule has 2 aliphatic rings. The van der Waals surface area contributed by atoms with Crippen LogP contribution in [-0.2, 0) is 16.0 Å². The predicted octanol–water partition coefficient (Wildman–Crippen LogP) is 1.57.